The molecule has 1 saturated carbocycles. The zero-order valence-electron chi connectivity index (χ0n) is 14.3. The van der Waals surface area contributed by atoms with Crippen molar-refractivity contribution in [3.05, 3.63) is 24.0 Å². The van der Waals surface area contributed by atoms with Crippen LogP contribution in [0.25, 0.3) is 0 Å². The molecule has 1 aromatic heterocycles. The summed E-state index contributed by atoms with van der Waals surface area (Å²) in [7, 11) is 0. The van der Waals surface area contributed by atoms with E-state index in [-0.39, 0.29) is 5.54 Å². The van der Waals surface area contributed by atoms with Gasteiger partial charge in [0.1, 0.15) is 5.54 Å². The second-order valence-corrected chi connectivity index (χ2v) is 7.67. The van der Waals surface area contributed by atoms with E-state index in [1.165, 1.54) is 37.8 Å². The molecule has 1 unspecified atom stereocenters. The number of likely N-dealkylation sites (tertiary alicyclic amines) is 2. The topological polar surface area (TPSA) is 39.3 Å². The van der Waals surface area contributed by atoms with Crippen LogP contribution in [-0.2, 0) is 4.79 Å². The Balaban J connectivity index is 1.56. The fourth-order valence-corrected chi connectivity index (χ4v) is 5.26. The molecule has 0 aromatic carbocycles. The molecule has 1 aliphatic carbocycles. The van der Waals surface area contributed by atoms with Gasteiger partial charge in [-0.3, -0.25) is 9.69 Å². The first-order chi connectivity index (χ1) is 11.2. The average Bonchev–Trinajstić information content (AvgIpc) is 3.31. The maximum absolute atomic E-state index is 13.4. The third kappa shape index (κ3) is 2.42. The van der Waals surface area contributed by atoms with Gasteiger partial charge in [0.15, 0.2) is 0 Å². The number of hydrogen-bond acceptors (Lipinski definition) is 2. The van der Waals surface area contributed by atoms with E-state index in [9.17, 15) is 4.79 Å². The molecule has 1 N–H and O–H groups in total. The van der Waals surface area contributed by atoms with E-state index in [1.54, 1.807) is 0 Å². The van der Waals surface area contributed by atoms with Crippen molar-refractivity contribution in [3.8, 4) is 0 Å². The molecule has 2 aliphatic heterocycles. The quantitative estimate of drug-likeness (QED) is 0.927. The third-order valence-corrected chi connectivity index (χ3v) is 6.52. The second-order valence-electron chi connectivity index (χ2n) is 7.67. The fraction of sp³-hybridized carbons (Fsp3) is 0.737. The van der Waals surface area contributed by atoms with Gasteiger partial charge in [0.05, 0.1) is 0 Å². The first kappa shape index (κ1) is 15.3. The summed E-state index contributed by atoms with van der Waals surface area (Å²) < 4.78 is 0. The molecule has 4 heteroatoms. The number of amides is 1. The summed E-state index contributed by atoms with van der Waals surface area (Å²) >= 11 is 0. The van der Waals surface area contributed by atoms with Crippen molar-refractivity contribution >= 4 is 5.91 Å². The van der Waals surface area contributed by atoms with Gasteiger partial charge in [-0.2, -0.15) is 0 Å². The maximum Gasteiger partial charge on any atom is 0.243 e. The summed E-state index contributed by atoms with van der Waals surface area (Å²) in [6.45, 7) is 4.26. The van der Waals surface area contributed by atoms with Gasteiger partial charge in [-0.25, -0.2) is 0 Å². The van der Waals surface area contributed by atoms with Crippen LogP contribution >= 0.6 is 0 Å². The number of hydrogen-bond donors (Lipinski definition) is 1. The van der Waals surface area contributed by atoms with Crippen molar-refractivity contribution in [1.29, 1.82) is 0 Å². The number of rotatable bonds is 3. The van der Waals surface area contributed by atoms with Crippen LogP contribution in [0.15, 0.2) is 18.3 Å². The number of carbonyl (C=O) groups is 1. The molecule has 126 valence electrons. The van der Waals surface area contributed by atoms with Gasteiger partial charge in [-0.05, 0) is 57.7 Å². The van der Waals surface area contributed by atoms with Crippen LogP contribution in [-0.4, -0.2) is 45.4 Å². The van der Waals surface area contributed by atoms with E-state index < -0.39 is 0 Å². The van der Waals surface area contributed by atoms with Crippen LogP contribution in [0.4, 0.5) is 0 Å². The SMILES string of the molecule is C[C@H](c1ccc[nH]1)N1CCCC12CCN(C1CCCCC1)C2=O. The van der Waals surface area contributed by atoms with Gasteiger partial charge in [-0.15, -0.1) is 0 Å². The number of carbonyl (C=O) groups excluding carboxylic acids is 1. The van der Waals surface area contributed by atoms with Crippen molar-refractivity contribution in [3.63, 3.8) is 0 Å². The van der Waals surface area contributed by atoms with Crippen LogP contribution < -0.4 is 0 Å². The molecule has 2 saturated heterocycles. The fourth-order valence-electron chi connectivity index (χ4n) is 5.26. The van der Waals surface area contributed by atoms with Gasteiger partial charge in [0, 0.05) is 30.5 Å². The summed E-state index contributed by atoms with van der Waals surface area (Å²) in [5.74, 6) is 0.431. The number of H-pyrrole nitrogens is 1. The van der Waals surface area contributed by atoms with Gasteiger partial charge >= 0.3 is 0 Å². The summed E-state index contributed by atoms with van der Waals surface area (Å²) in [5, 5.41) is 0. The highest BCUT2D eigenvalue weighted by Gasteiger charge is 2.55. The van der Waals surface area contributed by atoms with Crippen molar-refractivity contribution < 1.29 is 4.79 Å². The Hall–Kier alpha value is -1.29. The molecule has 0 bridgehead atoms. The van der Waals surface area contributed by atoms with Crippen molar-refractivity contribution in [2.24, 2.45) is 0 Å². The summed E-state index contributed by atoms with van der Waals surface area (Å²) in [5.41, 5.74) is 1.01. The number of nitrogens with zero attached hydrogens (tertiary/aromatic N) is 2. The minimum Gasteiger partial charge on any atom is -0.364 e. The van der Waals surface area contributed by atoms with E-state index in [2.05, 4.69) is 33.8 Å². The lowest BCUT2D eigenvalue weighted by Gasteiger charge is -2.39. The third-order valence-electron chi connectivity index (χ3n) is 6.52. The zero-order chi connectivity index (χ0) is 15.9. The van der Waals surface area contributed by atoms with Gasteiger partial charge in [0.2, 0.25) is 5.91 Å². The van der Waals surface area contributed by atoms with Crippen LogP contribution in [0.3, 0.4) is 0 Å². The molecule has 4 rings (SSSR count). The highest BCUT2D eigenvalue weighted by Crippen LogP contribution is 2.44. The molecule has 1 spiro atoms. The predicted octanol–water partition coefficient (Wildman–Crippen LogP) is 3.48. The highest BCUT2D eigenvalue weighted by atomic mass is 16.2. The standard InChI is InChI=1S/C19H29N3O/c1-15(17-9-5-12-20-17)22-13-6-10-19(22)11-14-21(18(19)23)16-7-3-2-4-8-16/h5,9,12,15-16,20H,2-4,6-8,10-11,13-14H2,1H3/t15-,19?/m1/s1. The predicted molar refractivity (Wildman–Crippen MR) is 91.1 cm³/mol. The lowest BCUT2D eigenvalue weighted by atomic mass is 9.91. The van der Waals surface area contributed by atoms with Crippen molar-refractivity contribution in [2.75, 3.05) is 13.1 Å². The lowest BCUT2D eigenvalue weighted by molar-refractivity contribution is -0.140. The van der Waals surface area contributed by atoms with Gasteiger partial charge in [0.25, 0.3) is 0 Å². The molecule has 1 amide bonds. The highest BCUT2D eigenvalue weighted by molar-refractivity contribution is 5.89. The first-order valence-electron chi connectivity index (χ1n) is 9.43. The molecular weight excluding hydrogens is 286 g/mol. The van der Waals surface area contributed by atoms with Gasteiger partial charge < -0.3 is 9.88 Å². The van der Waals surface area contributed by atoms with Crippen LogP contribution in [0.1, 0.15) is 70.0 Å². The van der Waals surface area contributed by atoms with E-state index in [1.807, 2.05) is 6.20 Å². The van der Waals surface area contributed by atoms with Gasteiger partial charge in [-0.1, -0.05) is 19.3 Å². The molecule has 23 heavy (non-hydrogen) atoms. The Morgan fingerprint density at radius 2 is 2.00 bits per heavy atom. The Morgan fingerprint density at radius 3 is 2.74 bits per heavy atom. The zero-order valence-corrected chi connectivity index (χ0v) is 14.3. The van der Waals surface area contributed by atoms with Crippen molar-refractivity contribution in [2.45, 2.75) is 75.9 Å². The molecule has 2 atom stereocenters. The van der Waals surface area contributed by atoms with E-state index in [0.717, 1.165) is 32.4 Å². The second kappa shape index (κ2) is 5.97. The van der Waals surface area contributed by atoms with E-state index in [4.69, 9.17) is 0 Å². The Kier molecular flexibility index (Phi) is 3.96. The number of aromatic nitrogens is 1. The number of aromatic amines is 1. The normalized spacial score (nSPS) is 31.3. The summed E-state index contributed by atoms with van der Waals surface area (Å²) in [6, 6.07) is 5.01. The minimum atomic E-state index is -0.220. The Morgan fingerprint density at radius 1 is 1.17 bits per heavy atom. The van der Waals surface area contributed by atoms with Crippen molar-refractivity contribution in [1.82, 2.24) is 14.8 Å². The van der Waals surface area contributed by atoms with Crippen LogP contribution in [0.2, 0.25) is 0 Å². The van der Waals surface area contributed by atoms with E-state index in [0.29, 0.717) is 18.0 Å². The molecule has 3 aliphatic rings. The maximum atomic E-state index is 13.4. The van der Waals surface area contributed by atoms with Crippen LogP contribution in [0, 0.1) is 0 Å². The molecule has 1 aromatic rings. The van der Waals surface area contributed by atoms with E-state index >= 15 is 0 Å². The molecule has 4 nitrogen and oxygen atoms in total. The molecular formula is C19H29N3O. The molecule has 3 fully saturated rings. The summed E-state index contributed by atoms with van der Waals surface area (Å²) in [4.78, 5) is 21.5. The smallest absolute Gasteiger partial charge is 0.243 e. The molecule has 3 heterocycles. The lowest BCUT2D eigenvalue weighted by Crippen LogP contribution is -2.52. The Bertz CT molecular complexity index is 549. The number of nitrogens with one attached hydrogen (secondary N) is 1. The minimum absolute atomic E-state index is 0.220. The monoisotopic (exact) mass is 315 g/mol. The largest absolute Gasteiger partial charge is 0.364 e. The molecule has 0 radical (unpaired) electrons. The Labute approximate surface area is 139 Å². The first-order valence-corrected chi connectivity index (χ1v) is 9.43. The average molecular weight is 315 g/mol. The summed E-state index contributed by atoms with van der Waals surface area (Å²) in [6.07, 6.45) is 11.6. The van der Waals surface area contributed by atoms with Crippen LogP contribution in [0.5, 0.6) is 0 Å².